The van der Waals surface area contributed by atoms with E-state index in [1.165, 1.54) is 9.75 Å². The van der Waals surface area contributed by atoms with Crippen LogP contribution in [0, 0.1) is 13.8 Å². The number of rotatable bonds is 4. The lowest BCUT2D eigenvalue weighted by atomic mass is 10.3. The van der Waals surface area contributed by atoms with Gasteiger partial charge in [0, 0.05) is 9.75 Å². The van der Waals surface area contributed by atoms with Gasteiger partial charge in [-0.1, -0.05) is 6.92 Å². The zero-order valence-corrected chi connectivity index (χ0v) is 13.4. The monoisotopic (exact) mass is 304 g/mol. The molecule has 0 aliphatic heterocycles. The third kappa shape index (κ3) is 2.53. The van der Waals surface area contributed by atoms with E-state index in [-0.39, 0.29) is 0 Å². The highest BCUT2D eigenvalue weighted by Gasteiger charge is 2.09. The summed E-state index contributed by atoms with van der Waals surface area (Å²) >= 11 is 3.47. The lowest BCUT2D eigenvalue weighted by Gasteiger charge is -2.03. The predicted molar refractivity (Wildman–Crippen MR) is 85.7 cm³/mol. The minimum absolute atomic E-state index is 0.711. The molecule has 0 radical (unpaired) electrons. The van der Waals surface area contributed by atoms with Crippen LogP contribution in [0.25, 0.3) is 10.2 Å². The molecule has 20 heavy (non-hydrogen) atoms. The lowest BCUT2D eigenvalue weighted by molar-refractivity contribution is 1.05. The van der Waals surface area contributed by atoms with Crippen LogP contribution >= 0.6 is 22.7 Å². The number of nitrogens with one attached hydrogen (secondary N) is 1. The van der Waals surface area contributed by atoms with Crippen molar-refractivity contribution in [3.05, 3.63) is 32.8 Å². The first-order valence-corrected chi connectivity index (χ1v) is 8.21. The van der Waals surface area contributed by atoms with Crippen LogP contribution in [0.5, 0.6) is 0 Å². The fourth-order valence-corrected chi connectivity index (χ4v) is 3.80. The molecule has 0 unspecified atom stereocenters. The Morgan fingerprint density at radius 2 is 2.05 bits per heavy atom. The molecule has 0 aromatic carbocycles. The fraction of sp³-hybridized carbons (Fsp3) is 0.357. The van der Waals surface area contributed by atoms with Gasteiger partial charge in [-0.3, -0.25) is 0 Å². The number of aromatic nitrogens is 3. The average molecular weight is 304 g/mol. The third-order valence-corrected chi connectivity index (χ3v) is 5.47. The number of nitrogens with zero attached hydrogens (tertiary/aromatic N) is 3. The van der Waals surface area contributed by atoms with Gasteiger partial charge >= 0.3 is 0 Å². The number of thiazole rings is 1. The Hall–Kier alpha value is -1.53. The Morgan fingerprint density at radius 1 is 1.20 bits per heavy atom. The van der Waals surface area contributed by atoms with E-state index in [1.807, 2.05) is 6.92 Å². The SMILES string of the molecule is CCc1cc2c(NCc3nc(C)c(C)s3)ncnc2s1. The quantitative estimate of drug-likeness (QED) is 0.793. The summed E-state index contributed by atoms with van der Waals surface area (Å²) in [5, 5.41) is 5.59. The van der Waals surface area contributed by atoms with Crippen molar-refractivity contribution in [2.45, 2.75) is 33.7 Å². The maximum atomic E-state index is 4.54. The van der Waals surface area contributed by atoms with Crippen LogP contribution in [0.15, 0.2) is 12.4 Å². The van der Waals surface area contributed by atoms with E-state index in [0.29, 0.717) is 6.54 Å². The first-order valence-electron chi connectivity index (χ1n) is 6.57. The molecule has 3 heterocycles. The molecule has 3 rings (SSSR count). The molecule has 3 aromatic rings. The average Bonchev–Trinajstić information content (AvgIpc) is 3.00. The van der Waals surface area contributed by atoms with Crippen LogP contribution in [0.4, 0.5) is 5.82 Å². The summed E-state index contributed by atoms with van der Waals surface area (Å²) in [4.78, 5) is 16.9. The van der Waals surface area contributed by atoms with Gasteiger partial charge in [0.05, 0.1) is 17.6 Å². The Morgan fingerprint density at radius 3 is 2.75 bits per heavy atom. The van der Waals surface area contributed by atoms with Crippen LogP contribution in [-0.2, 0) is 13.0 Å². The molecule has 3 aromatic heterocycles. The van der Waals surface area contributed by atoms with E-state index in [2.05, 4.69) is 40.2 Å². The van der Waals surface area contributed by atoms with Crippen molar-refractivity contribution < 1.29 is 0 Å². The normalized spacial score (nSPS) is 11.2. The maximum Gasteiger partial charge on any atom is 0.138 e. The molecule has 0 saturated carbocycles. The molecule has 0 aliphatic carbocycles. The molecule has 0 spiro atoms. The van der Waals surface area contributed by atoms with Crippen molar-refractivity contribution in [1.82, 2.24) is 15.0 Å². The second-order valence-corrected chi connectivity index (χ2v) is 7.01. The second kappa shape index (κ2) is 5.46. The number of hydrogen-bond acceptors (Lipinski definition) is 6. The van der Waals surface area contributed by atoms with E-state index in [0.717, 1.165) is 33.2 Å². The van der Waals surface area contributed by atoms with Crippen LogP contribution < -0.4 is 5.32 Å². The Balaban J connectivity index is 1.85. The summed E-state index contributed by atoms with van der Waals surface area (Å²) in [5.41, 5.74) is 1.11. The van der Waals surface area contributed by atoms with Gasteiger partial charge in [-0.25, -0.2) is 15.0 Å². The molecule has 0 saturated heterocycles. The summed E-state index contributed by atoms with van der Waals surface area (Å²) in [6.07, 6.45) is 2.66. The topological polar surface area (TPSA) is 50.7 Å². The first-order chi connectivity index (χ1) is 9.67. The van der Waals surface area contributed by atoms with Crippen molar-refractivity contribution in [2.75, 3.05) is 5.32 Å². The number of aryl methyl sites for hydroxylation is 3. The second-order valence-electron chi connectivity index (χ2n) is 4.61. The van der Waals surface area contributed by atoms with Crippen LogP contribution in [-0.4, -0.2) is 15.0 Å². The van der Waals surface area contributed by atoms with Gasteiger partial charge in [-0.15, -0.1) is 22.7 Å². The maximum absolute atomic E-state index is 4.54. The third-order valence-electron chi connectivity index (χ3n) is 3.21. The first kappa shape index (κ1) is 13.5. The zero-order chi connectivity index (χ0) is 14.1. The molecular formula is C14H16N4S2. The van der Waals surface area contributed by atoms with Gasteiger partial charge in [0.15, 0.2) is 0 Å². The fourth-order valence-electron chi connectivity index (χ4n) is 1.99. The van der Waals surface area contributed by atoms with Crippen molar-refractivity contribution in [3.8, 4) is 0 Å². The summed E-state index contributed by atoms with van der Waals surface area (Å²) in [5.74, 6) is 0.899. The molecule has 1 N–H and O–H groups in total. The molecule has 104 valence electrons. The number of anilines is 1. The number of thiophene rings is 1. The smallest absolute Gasteiger partial charge is 0.138 e. The van der Waals surface area contributed by atoms with Crippen molar-refractivity contribution >= 4 is 38.7 Å². The van der Waals surface area contributed by atoms with Crippen LogP contribution in [0.3, 0.4) is 0 Å². The minimum atomic E-state index is 0.711. The molecule has 0 aliphatic rings. The minimum Gasteiger partial charge on any atom is -0.363 e. The van der Waals surface area contributed by atoms with Gasteiger partial charge in [0.1, 0.15) is 22.0 Å². The molecule has 6 heteroatoms. The van der Waals surface area contributed by atoms with Crippen molar-refractivity contribution in [2.24, 2.45) is 0 Å². The van der Waals surface area contributed by atoms with Crippen molar-refractivity contribution in [1.29, 1.82) is 0 Å². The van der Waals surface area contributed by atoms with Gasteiger partial charge in [-0.2, -0.15) is 0 Å². The molecule has 0 amide bonds. The lowest BCUT2D eigenvalue weighted by Crippen LogP contribution is -2.01. The van der Waals surface area contributed by atoms with E-state index in [9.17, 15) is 0 Å². The van der Waals surface area contributed by atoms with Crippen LogP contribution in [0.2, 0.25) is 0 Å². The van der Waals surface area contributed by atoms with E-state index in [4.69, 9.17) is 0 Å². The molecular weight excluding hydrogens is 288 g/mol. The van der Waals surface area contributed by atoms with E-state index in [1.54, 1.807) is 29.0 Å². The molecule has 0 fully saturated rings. The van der Waals surface area contributed by atoms with E-state index < -0.39 is 0 Å². The van der Waals surface area contributed by atoms with Gasteiger partial charge < -0.3 is 5.32 Å². The molecule has 0 bridgehead atoms. The number of fused-ring (bicyclic) bond motifs is 1. The Labute approximate surface area is 125 Å². The highest BCUT2D eigenvalue weighted by Crippen LogP contribution is 2.28. The summed E-state index contributed by atoms with van der Waals surface area (Å²) in [7, 11) is 0. The number of hydrogen-bond donors (Lipinski definition) is 1. The summed E-state index contributed by atoms with van der Waals surface area (Å²) in [6.45, 7) is 7.02. The molecule has 4 nitrogen and oxygen atoms in total. The standard InChI is InChI=1S/C14H16N4S2/c1-4-10-5-11-13(16-7-17-14(11)20-10)15-6-12-18-8(2)9(3)19-12/h5,7H,4,6H2,1-3H3,(H,15,16,17). The van der Waals surface area contributed by atoms with Gasteiger partial charge in [0.25, 0.3) is 0 Å². The summed E-state index contributed by atoms with van der Waals surface area (Å²) < 4.78 is 0. The zero-order valence-electron chi connectivity index (χ0n) is 11.7. The van der Waals surface area contributed by atoms with Crippen molar-refractivity contribution in [3.63, 3.8) is 0 Å². The Bertz CT molecular complexity index is 725. The molecule has 0 atom stereocenters. The predicted octanol–water partition coefficient (Wildman–Crippen LogP) is 3.94. The summed E-state index contributed by atoms with van der Waals surface area (Å²) in [6, 6.07) is 2.18. The highest BCUT2D eigenvalue weighted by atomic mass is 32.1. The van der Waals surface area contributed by atoms with Gasteiger partial charge in [0.2, 0.25) is 0 Å². The van der Waals surface area contributed by atoms with Gasteiger partial charge in [-0.05, 0) is 26.3 Å². The van der Waals surface area contributed by atoms with Crippen LogP contribution in [0.1, 0.15) is 27.4 Å². The largest absolute Gasteiger partial charge is 0.363 e. The van der Waals surface area contributed by atoms with E-state index >= 15 is 0 Å². The Kier molecular flexibility index (Phi) is 3.67. The highest BCUT2D eigenvalue weighted by molar-refractivity contribution is 7.18.